The average Bonchev–Trinajstić information content (AvgIpc) is 2.26. The lowest BCUT2D eigenvalue weighted by atomic mass is 10.2. The second kappa shape index (κ2) is 6.39. The van der Waals surface area contributed by atoms with Crippen molar-refractivity contribution < 1.29 is 4.79 Å². The molecule has 0 unspecified atom stereocenters. The van der Waals surface area contributed by atoms with Crippen molar-refractivity contribution in [1.82, 2.24) is 9.55 Å². The number of aromatic nitrogens is 2. The predicted octanol–water partition coefficient (Wildman–Crippen LogP) is 1.50. The fraction of sp³-hybridized carbons (Fsp3) is 0.545. The maximum atomic E-state index is 11.4. The number of hydrogen-bond acceptors (Lipinski definition) is 3. The van der Waals surface area contributed by atoms with Gasteiger partial charge in [-0.15, -0.1) is 0 Å². The van der Waals surface area contributed by atoms with E-state index in [1.54, 1.807) is 0 Å². The molecule has 5 nitrogen and oxygen atoms in total. The van der Waals surface area contributed by atoms with Gasteiger partial charge in [-0.2, -0.15) is 0 Å². The van der Waals surface area contributed by atoms with Crippen LogP contribution >= 0.6 is 11.6 Å². The number of carbonyl (C=O) groups is 1. The molecule has 1 heterocycles. The number of aromatic amines is 1. The number of carbonyl (C=O) groups excluding carboxylic acids is 1. The summed E-state index contributed by atoms with van der Waals surface area (Å²) >= 11 is 5.24. The topological polar surface area (TPSA) is 71.9 Å². The van der Waals surface area contributed by atoms with Crippen LogP contribution in [0.3, 0.4) is 0 Å². The van der Waals surface area contributed by atoms with E-state index in [0.717, 1.165) is 25.7 Å². The van der Waals surface area contributed by atoms with Crippen LogP contribution in [0.5, 0.6) is 0 Å². The number of unbranched alkanes of at least 4 members (excludes halogenated alkanes) is 3. The summed E-state index contributed by atoms with van der Waals surface area (Å²) in [6.45, 7) is 2.57. The Balaban J connectivity index is 2.85. The van der Waals surface area contributed by atoms with Crippen LogP contribution in [0.4, 0.5) is 0 Å². The van der Waals surface area contributed by atoms with Crippen molar-refractivity contribution in [3.63, 3.8) is 0 Å². The highest BCUT2D eigenvalue weighted by Crippen LogP contribution is 2.01. The lowest BCUT2D eigenvalue weighted by molar-refractivity contribution is 0.107. The van der Waals surface area contributed by atoms with Crippen molar-refractivity contribution in [2.24, 2.45) is 0 Å². The van der Waals surface area contributed by atoms with Gasteiger partial charge in [0.1, 0.15) is 5.56 Å². The monoisotopic (exact) mass is 258 g/mol. The van der Waals surface area contributed by atoms with Crippen LogP contribution in [-0.4, -0.2) is 14.8 Å². The Morgan fingerprint density at radius 3 is 2.65 bits per heavy atom. The third kappa shape index (κ3) is 3.85. The van der Waals surface area contributed by atoms with Crippen molar-refractivity contribution >= 4 is 16.8 Å². The fourth-order valence-corrected chi connectivity index (χ4v) is 1.66. The molecule has 0 bridgehead atoms. The smallest absolute Gasteiger partial charge is 0.300 e. The molecule has 0 spiro atoms. The summed E-state index contributed by atoms with van der Waals surface area (Å²) in [7, 11) is 0. The number of aryl methyl sites for hydroxylation is 1. The number of nitrogens with zero attached hydrogens (tertiary/aromatic N) is 1. The zero-order chi connectivity index (χ0) is 12.8. The molecule has 6 heteroatoms. The van der Waals surface area contributed by atoms with Crippen LogP contribution in [-0.2, 0) is 6.54 Å². The third-order valence-electron chi connectivity index (χ3n) is 2.48. The Bertz CT molecular complexity index is 504. The van der Waals surface area contributed by atoms with Gasteiger partial charge in [-0.3, -0.25) is 19.1 Å². The summed E-state index contributed by atoms with van der Waals surface area (Å²) in [4.78, 5) is 35.7. The molecule has 0 atom stereocenters. The average molecular weight is 259 g/mol. The number of nitrogens with one attached hydrogen (secondary N) is 1. The highest BCUT2D eigenvalue weighted by molar-refractivity contribution is 6.67. The maximum Gasteiger partial charge on any atom is 0.328 e. The molecule has 0 saturated heterocycles. The van der Waals surface area contributed by atoms with Crippen molar-refractivity contribution in [1.29, 1.82) is 0 Å². The van der Waals surface area contributed by atoms with Crippen LogP contribution in [0.25, 0.3) is 0 Å². The van der Waals surface area contributed by atoms with Gasteiger partial charge in [0.25, 0.3) is 10.8 Å². The Morgan fingerprint density at radius 1 is 1.35 bits per heavy atom. The molecule has 1 aromatic rings. The molecule has 0 fully saturated rings. The summed E-state index contributed by atoms with van der Waals surface area (Å²) in [6.07, 6.45) is 5.26. The minimum atomic E-state index is -0.853. The van der Waals surface area contributed by atoms with Crippen molar-refractivity contribution in [2.45, 2.75) is 39.2 Å². The van der Waals surface area contributed by atoms with Gasteiger partial charge in [-0.25, -0.2) is 4.79 Å². The van der Waals surface area contributed by atoms with E-state index in [-0.39, 0.29) is 5.56 Å². The van der Waals surface area contributed by atoms with Crippen LogP contribution < -0.4 is 11.2 Å². The summed E-state index contributed by atoms with van der Waals surface area (Å²) in [5, 5.41) is -0.853. The van der Waals surface area contributed by atoms with Gasteiger partial charge in [-0.05, 0) is 18.0 Å². The largest absolute Gasteiger partial charge is 0.328 e. The zero-order valence-electron chi connectivity index (χ0n) is 9.66. The molecule has 0 radical (unpaired) electrons. The summed E-state index contributed by atoms with van der Waals surface area (Å²) in [5.74, 6) is 0. The van der Waals surface area contributed by atoms with Gasteiger partial charge in [-0.1, -0.05) is 26.2 Å². The Kier molecular flexibility index (Phi) is 5.15. The van der Waals surface area contributed by atoms with E-state index < -0.39 is 16.5 Å². The molecule has 1 aromatic heterocycles. The Labute approximate surface area is 103 Å². The van der Waals surface area contributed by atoms with E-state index in [1.807, 2.05) is 0 Å². The number of hydrogen-bond donors (Lipinski definition) is 1. The van der Waals surface area contributed by atoms with Gasteiger partial charge < -0.3 is 0 Å². The molecule has 0 amide bonds. The number of halogens is 1. The van der Waals surface area contributed by atoms with Crippen LogP contribution in [0, 0.1) is 0 Å². The lowest BCUT2D eigenvalue weighted by Crippen LogP contribution is -2.32. The first-order chi connectivity index (χ1) is 8.06. The third-order valence-corrected chi connectivity index (χ3v) is 2.68. The molecule has 0 aliphatic carbocycles. The molecule has 1 N–H and O–H groups in total. The normalized spacial score (nSPS) is 10.5. The van der Waals surface area contributed by atoms with E-state index in [0.29, 0.717) is 6.54 Å². The first-order valence-electron chi connectivity index (χ1n) is 5.60. The number of H-pyrrole nitrogens is 1. The van der Waals surface area contributed by atoms with Crippen LogP contribution in [0.2, 0.25) is 0 Å². The molecular formula is C11H15ClN2O3. The van der Waals surface area contributed by atoms with Crippen molar-refractivity contribution in [2.75, 3.05) is 0 Å². The zero-order valence-corrected chi connectivity index (χ0v) is 10.4. The first kappa shape index (κ1) is 13.7. The first-order valence-corrected chi connectivity index (χ1v) is 5.97. The van der Waals surface area contributed by atoms with Gasteiger partial charge >= 0.3 is 5.69 Å². The minimum Gasteiger partial charge on any atom is -0.300 e. The van der Waals surface area contributed by atoms with Gasteiger partial charge in [0.2, 0.25) is 0 Å². The number of rotatable bonds is 6. The highest BCUT2D eigenvalue weighted by atomic mass is 35.5. The van der Waals surface area contributed by atoms with E-state index in [4.69, 9.17) is 11.6 Å². The van der Waals surface area contributed by atoms with Crippen molar-refractivity contribution in [3.05, 3.63) is 32.6 Å². The molecule has 17 heavy (non-hydrogen) atoms. The van der Waals surface area contributed by atoms with E-state index in [9.17, 15) is 14.4 Å². The molecule has 0 saturated carbocycles. The predicted molar refractivity (Wildman–Crippen MR) is 65.6 cm³/mol. The van der Waals surface area contributed by atoms with E-state index in [1.165, 1.54) is 10.8 Å². The SMILES string of the molecule is CCCCCCn1cc(C(=O)Cl)c(=O)[nH]c1=O. The molecule has 94 valence electrons. The summed E-state index contributed by atoms with van der Waals surface area (Å²) < 4.78 is 1.31. The van der Waals surface area contributed by atoms with E-state index >= 15 is 0 Å². The fourth-order valence-electron chi connectivity index (χ4n) is 1.52. The highest BCUT2D eigenvalue weighted by Gasteiger charge is 2.10. The molecule has 0 aliphatic heterocycles. The molecule has 1 rings (SSSR count). The Hall–Kier alpha value is -1.36. The lowest BCUT2D eigenvalue weighted by Gasteiger charge is -2.05. The quantitative estimate of drug-likeness (QED) is 0.621. The van der Waals surface area contributed by atoms with Crippen LogP contribution in [0.1, 0.15) is 43.0 Å². The summed E-state index contributed by atoms with van der Waals surface area (Å²) in [5.41, 5.74) is -1.44. The van der Waals surface area contributed by atoms with Crippen molar-refractivity contribution in [3.8, 4) is 0 Å². The van der Waals surface area contributed by atoms with Gasteiger partial charge in [0.05, 0.1) is 0 Å². The summed E-state index contributed by atoms with van der Waals surface area (Å²) in [6, 6.07) is 0. The van der Waals surface area contributed by atoms with Crippen LogP contribution in [0.15, 0.2) is 15.8 Å². The maximum absolute atomic E-state index is 11.4. The standard InChI is InChI=1S/C11H15ClN2O3/c1-2-3-4-5-6-14-7-8(9(12)15)10(16)13-11(14)17/h7H,2-6H2,1H3,(H,13,16,17). The second-order valence-electron chi connectivity index (χ2n) is 3.83. The molecular weight excluding hydrogens is 244 g/mol. The van der Waals surface area contributed by atoms with Gasteiger partial charge in [0.15, 0.2) is 0 Å². The second-order valence-corrected chi connectivity index (χ2v) is 4.17. The van der Waals surface area contributed by atoms with Gasteiger partial charge in [0, 0.05) is 12.7 Å². The molecule has 0 aliphatic rings. The van der Waals surface area contributed by atoms with E-state index in [2.05, 4.69) is 11.9 Å². The minimum absolute atomic E-state index is 0.193. The Morgan fingerprint density at radius 2 is 2.06 bits per heavy atom. The molecule has 0 aromatic carbocycles.